The van der Waals surface area contributed by atoms with Crippen LogP contribution in [-0.2, 0) is 6.42 Å². The Balaban J connectivity index is 1.73. The van der Waals surface area contributed by atoms with E-state index < -0.39 is 6.17 Å². The molecule has 2 aromatic rings. The lowest BCUT2D eigenvalue weighted by Crippen LogP contribution is -2.49. The Bertz CT molecular complexity index is 656. The zero-order valence-corrected chi connectivity index (χ0v) is 13.5. The van der Waals surface area contributed by atoms with E-state index in [1.807, 2.05) is 12.1 Å². The maximum absolute atomic E-state index is 13.8. The van der Waals surface area contributed by atoms with Crippen LogP contribution in [-0.4, -0.2) is 36.8 Å². The first-order valence-electron chi connectivity index (χ1n) is 7.77. The molecule has 0 unspecified atom stereocenters. The topological polar surface area (TPSA) is 37.0 Å². The maximum Gasteiger partial charge on any atom is 0.128 e. The van der Waals surface area contributed by atoms with Gasteiger partial charge in [-0.3, -0.25) is 4.98 Å². The molecule has 0 spiro atoms. The number of alkyl halides is 1. The second-order valence-electron chi connectivity index (χ2n) is 5.92. The molecule has 1 aromatic heterocycles. The molecule has 0 radical (unpaired) electrons. The molecule has 118 valence electrons. The third-order valence-corrected chi connectivity index (χ3v) is 4.60. The normalized spacial score (nSPS) is 22.1. The van der Waals surface area contributed by atoms with Crippen LogP contribution in [0.2, 0.25) is 5.02 Å². The molecule has 0 aliphatic carbocycles. The zero-order valence-electron chi connectivity index (χ0n) is 12.7. The van der Waals surface area contributed by atoms with Gasteiger partial charge in [0.1, 0.15) is 6.17 Å². The second-order valence-corrected chi connectivity index (χ2v) is 6.33. The first kappa shape index (κ1) is 15.7. The quantitative estimate of drug-likeness (QED) is 0.909. The highest BCUT2D eigenvalue weighted by Gasteiger charge is 2.23. The van der Waals surface area contributed by atoms with Crippen molar-refractivity contribution >= 4 is 22.5 Å². The van der Waals surface area contributed by atoms with Crippen molar-refractivity contribution in [3.8, 4) is 0 Å². The molecule has 3 rings (SSSR count). The average molecular weight is 322 g/mol. The Morgan fingerprint density at radius 3 is 3.14 bits per heavy atom. The van der Waals surface area contributed by atoms with Crippen LogP contribution in [0.4, 0.5) is 4.39 Å². The number of halogens is 2. The van der Waals surface area contributed by atoms with Gasteiger partial charge >= 0.3 is 0 Å². The van der Waals surface area contributed by atoms with E-state index in [0.717, 1.165) is 42.4 Å². The van der Waals surface area contributed by atoms with Gasteiger partial charge in [0.15, 0.2) is 0 Å². The number of fused-ring (bicyclic) bond motifs is 1. The first-order chi connectivity index (χ1) is 10.6. The van der Waals surface area contributed by atoms with Crippen LogP contribution in [0, 0.1) is 6.92 Å². The second kappa shape index (κ2) is 6.90. The Kier molecular flexibility index (Phi) is 4.91. The maximum atomic E-state index is 13.8. The average Bonchev–Trinajstić information content (AvgIpc) is 2.51. The monoisotopic (exact) mass is 321 g/mol. The smallest absolute Gasteiger partial charge is 0.128 e. The minimum absolute atomic E-state index is 0.0603. The minimum Gasteiger partial charge on any atom is -0.314 e. The molecule has 22 heavy (non-hydrogen) atoms. The molecule has 3 nitrogen and oxygen atoms in total. The van der Waals surface area contributed by atoms with Gasteiger partial charge in [-0.1, -0.05) is 23.2 Å². The summed E-state index contributed by atoms with van der Waals surface area (Å²) in [6.07, 6.45) is 2.49. The number of rotatable bonds is 4. The first-order valence-corrected chi connectivity index (χ1v) is 8.15. The van der Waals surface area contributed by atoms with Gasteiger partial charge in [0.05, 0.1) is 10.5 Å². The molecule has 1 aliphatic heterocycles. The third kappa shape index (κ3) is 3.40. The van der Waals surface area contributed by atoms with E-state index in [9.17, 15) is 4.39 Å². The number of pyridine rings is 1. The van der Waals surface area contributed by atoms with Crippen LogP contribution in [0.5, 0.6) is 0 Å². The van der Waals surface area contributed by atoms with E-state index in [-0.39, 0.29) is 6.04 Å². The Labute approximate surface area is 135 Å². The molecule has 1 aromatic carbocycles. The van der Waals surface area contributed by atoms with Crippen LogP contribution in [0.25, 0.3) is 10.9 Å². The lowest BCUT2D eigenvalue weighted by Gasteiger charge is -2.27. The summed E-state index contributed by atoms with van der Waals surface area (Å²) in [5, 5.41) is 8.18. The summed E-state index contributed by atoms with van der Waals surface area (Å²) in [4.78, 5) is 4.37. The summed E-state index contributed by atoms with van der Waals surface area (Å²) in [6.45, 7) is 4.09. The van der Waals surface area contributed by atoms with Gasteiger partial charge in [-0.25, -0.2) is 4.39 Å². The van der Waals surface area contributed by atoms with Crippen LogP contribution < -0.4 is 10.6 Å². The van der Waals surface area contributed by atoms with Gasteiger partial charge in [-0.2, -0.15) is 0 Å². The zero-order chi connectivity index (χ0) is 15.5. The van der Waals surface area contributed by atoms with Crippen LogP contribution in [0.1, 0.15) is 17.5 Å². The number of piperidine rings is 1. The minimum atomic E-state index is -0.819. The van der Waals surface area contributed by atoms with Crippen molar-refractivity contribution in [3.05, 3.63) is 40.5 Å². The van der Waals surface area contributed by atoms with E-state index in [1.54, 1.807) is 6.20 Å². The van der Waals surface area contributed by atoms with Gasteiger partial charge in [0.25, 0.3) is 0 Å². The molecule has 2 atom stereocenters. The highest BCUT2D eigenvalue weighted by atomic mass is 35.5. The van der Waals surface area contributed by atoms with Crippen molar-refractivity contribution in [2.45, 2.75) is 32.0 Å². The SMILES string of the molecule is Cc1ccc2ncc(Cl)c(CCN[C@H]3CCNC[C@H]3F)c2c1. The standard InChI is InChI=1S/C17H21ClFN3/c1-11-2-3-16-13(8-11)12(14(18)9-22-16)4-7-21-17-5-6-20-10-15(17)19/h2-3,8-9,15,17,20-21H,4-7,10H2,1H3/t15-,17+/m1/s1. The summed E-state index contributed by atoms with van der Waals surface area (Å²) >= 11 is 6.33. The lowest BCUT2D eigenvalue weighted by molar-refractivity contribution is 0.204. The number of benzene rings is 1. The van der Waals surface area contributed by atoms with Crippen molar-refractivity contribution in [3.63, 3.8) is 0 Å². The molecule has 0 bridgehead atoms. The number of hydrogen-bond acceptors (Lipinski definition) is 3. The molecule has 0 saturated carbocycles. The summed E-state index contributed by atoms with van der Waals surface area (Å²) in [7, 11) is 0. The summed E-state index contributed by atoms with van der Waals surface area (Å²) < 4.78 is 13.8. The molecule has 2 N–H and O–H groups in total. The van der Waals surface area contributed by atoms with Gasteiger partial charge < -0.3 is 10.6 Å². The lowest BCUT2D eigenvalue weighted by atomic mass is 10.0. The predicted octanol–water partition coefficient (Wildman–Crippen LogP) is 3.03. The number of nitrogens with zero attached hydrogens (tertiary/aromatic N) is 1. The van der Waals surface area contributed by atoms with Crippen molar-refractivity contribution in [2.24, 2.45) is 0 Å². The van der Waals surface area contributed by atoms with E-state index in [0.29, 0.717) is 11.6 Å². The molecular formula is C17H21ClFN3. The number of aromatic nitrogens is 1. The summed E-state index contributed by atoms with van der Waals surface area (Å²) in [5.41, 5.74) is 3.23. The fraction of sp³-hybridized carbons (Fsp3) is 0.471. The van der Waals surface area contributed by atoms with Crippen LogP contribution in [0.15, 0.2) is 24.4 Å². The third-order valence-electron chi connectivity index (χ3n) is 4.27. The van der Waals surface area contributed by atoms with Crippen molar-refractivity contribution in [1.29, 1.82) is 0 Å². The van der Waals surface area contributed by atoms with Gasteiger partial charge in [-0.15, -0.1) is 0 Å². The number of nitrogens with one attached hydrogen (secondary N) is 2. The van der Waals surface area contributed by atoms with Gasteiger partial charge in [-0.05, 0) is 50.6 Å². The fourth-order valence-corrected chi connectivity index (χ4v) is 3.27. The van der Waals surface area contributed by atoms with Crippen molar-refractivity contribution in [1.82, 2.24) is 15.6 Å². The predicted molar refractivity (Wildman–Crippen MR) is 89.4 cm³/mol. The molecule has 2 heterocycles. The molecule has 5 heteroatoms. The molecule has 0 amide bonds. The Morgan fingerprint density at radius 1 is 1.45 bits per heavy atom. The summed E-state index contributed by atoms with van der Waals surface area (Å²) in [5.74, 6) is 0. The van der Waals surface area contributed by atoms with Crippen molar-refractivity contribution < 1.29 is 4.39 Å². The van der Waals surface area contributed by atoms with E-state index >= 15 is 0 Å². The highest BCUT2D eigenvalue weighted by Crippen LogP contribution is 2.25. The molecule has 1 saturated heterocycles. The molecular weight excluding hydrogens is 301 g/mol. The Morgan fingerprint density at radius 2 is 2.32 bits per heavy atom. The molecule has 1 aliphatic rings. The van der Waals surface area contributed by atoms with Crippen LogP contribution in [0.3, 0.4) is 0 Å². The van der Waals surface area contributed by atoms with Gasteiger partial charge in [0.2, 0.25) is 0 Å². The highest BCUT2D eigenvalue weighted by molar-refractivity contribution is 6.32. The number of aryl methyl sites for hydroxylation is 1. The van der Waals surface area contributed by atoms with E-state index in [1.165, 1.54) is 5.56 Å². The van der Waals surface area contributed by atoms with E-state index in [4.69, 9.17) is 11.6 Å². The molecule has 1 fully saturated rings. The largest absolute Gasteiger partial charge is 0.314 e. The van der Waals surface area contributed by atoms with Gasteiger partial charge in [0, 0.05) is 24.2 Å². The van der Waals surface area contributed by atoms with Crippen LogP contribution >= 0.6 is 11.6 Å². The number of hydrogen-bond donors (Lipinski definition) is 2. The fourth-order valence-electron chi connectivity index (χ4n) is 3.02. The Hall–Kier alpha value is -1.23. The van der Waals surface area contributed by atoms with E-state index in [2.05, 4.69) is 28.6 Å². The summed E-state index contributed by atoms with van der Waals surface area (Å²) in [6, 6.07) is 6.12. The van der Waals surface area contributed by atoms with Crippen molar-refractivity contribution in [2.75, 3.05) is 19.6 Å².